The molecule has 10 heteroatoms. The average molecular weight is 507 g/mol. The summed E-state index contributed by atoms with van der Waals surface area (Å²) in [4.78, 5) is 12.8. The van der Waals surface area contributed by atoms with Crippen molar-refractivity contribution in [3.8, 4) is 5.75 Å². The number of carbonyl (C=O) groups excluding carboxylic acids is 1. The molecule has 0 fully saturated rings. The fraction of sp³-hybridized carbons (Fsp3) is 0.240. The van der Waals surface area contributed by atoms with Gasteiger partial charge < -0.3 is 10.1 Å². The number of ether oxygens (including phenoxy) is 1. The molecular formula is C25H25F3N2O4S. The lowest BCUT2D eigenvalue weighted by molar-refractivity contribution is -0.137. The van der Waals surface area contributed by atoms with Crippen molar-refractivity contribution in [2.75, 3.05) is 18.0 Å². The summed E-state index contributed by atoms with van der Waals surface area (Å²) in [5, 5.41) is 2.78. The Morgan fingerprint density at radius 1 is 1.00 bits per heavy atom. The highest BCUT2D eigenvalue weighted by molar-refractivity contribution is 7.92. The molecule has 0 aliphatic carbocycles. The predicted octanol–water partition coefficient (Wildman–Crippen LogP) is 5.18. The molecule has 1 atom stereocenters. The highest BCUT2D eigenvalue weighted by Crippen LogP contribution is 2.33. The van der Waals surface area contributed by atoms with Crippen molar-refractivity contribution in [3.05, 3.63) is 90.0 Å². The highest BCUT2D eigenvalue weighted by Gasteiger charge is 2.33. The van der Waals surface area contributed by atoms with Gasteiger partial charge in [-0.05, 0) is 54.4 Å². The molecule has 1 amide bonds. The van der Waals surface area contributed by atoms with Crippen molar-refractivity contribution in [2.45, 2.75) is 30.5 Å². The number of anilines is 1. The van der Waals surface area contributed by atoms with Gasteiger partial charge in [-0.3, -0.25) is 9.10 Å². The van der Waals surface area contributed by atoms with Gasteiger partial charge in [0, 0.05) is 0 Å². The molecule has 0 aliphatic heterocycles. The van der Waals surface area contributed by atoms with E-state index < -0.39 is 40.3 Å². The van der Waals surface area contributed by atoms with Crippen LogP contribution in [0.3, 0.4) is 0 Å². The SMILES string of the molecule is CC[C@@H](NC(=O)CN(c1cccc(C(F)(F)F)c1)S(=O)(=O)c1ccccc1)c1ccc(OC)cc1. The van der Waals surface area contributed by atoms with Crippen molar-refractivity contribution in [1.82, 2.24) is 5.32 Å². The number of benzene rings is 3. The average Bonchev–Trinajstić information content (AvgIpc) is 2.86. The summed E-state index contributed by atoms with van der Waals surface area (Å²) < 4.78 is 72.5. The molecule has 6 nitrogen and oxygen atoms in total. The number of nitrogens with one attached hydrogen (secondary N) is 1. The molecule has 3 aromatic carbocycles. The smallest absolute Gasteiger partial charge is 0.416 e. The van der Waals surface area contributed by atoms with Gasteiger partial charge in [0.15, 0.2) is 0 Å². The van der Waals surface area contributed by atoms with E-state index in [1.807, 2.05) is 6.92 Å². The zero-order valence-electron chi connectivity index (χ0n) is 19.1. The van der Waals surface area contributed by atoms with E-state index in [4.69, 9.17) is 4.74 Å². The van der Waals surface area contributed by atoms with E-state index in [1.165, 1.54) is 37.4 Å². The van der Waals surface area contributed by atoms with Gasteiger partial charge in [0.05, 0.1) is 29.3 Å². The number of alkyl halides is 3. The van der Waals surface area contributed by atoms with Crippen LogP contribution < -0.4 is 14.4 Å². The molecule has 3 rings (SSSR count). The van der Waals surface area contributed by atoms with Crippen molar-refractivity contribution in [2.24, 2.45) is 0 Å². The lowest BCUT2D eigenvalue weighted by atomic mass is 10.0. The Labute approximate surface area is 202 Å². The number of rotatable bonds is 9. The summed E-state index contributed by atoms with van der Waals surface area (Å²) in [6.45, 7) is 1.14. The molecule has 0 aromatic heterocycles. The first-order valence-electron chi connectivity index (χ1n) is 10.7. The lowest BCUT2D eigenvalue weighted by Gasteiger charge is -2.26. The maximum atomic E-state index is 13.4. The number of hydrogen-bond donors (Lipinski definition) is 1. The molecule has 186 valence electrons. The summed E-state index contributed by atoms with van der Waals surface area (Å²) in [7, 11) is -2.81. The van der Waals surface area contributed by atoms with Crippen LogP contribution in [0, 0.1) is 0 Å². The number of hydrogen-bond acceptors (Lipinski definition) is 4. The van der Waals surface area contributed by atoms with Crippen molar-refractivity contribution >= 4 is 21.6 Å². The maximum Gasteiger partial charge on any atom is 0.416 e. The van der Waals surface area contributed by atoms with Gasteiger partial charge in [0.25, 0.3) is 10.0 Å². The summed E-state index contributed by atoms with van der Waals surface area (Å²) in [6.07, 6.45) is -4.17. The monoisotopic (exact) mass is 506 g/mol. The molecular weight excluding hydrogens is 481 g/mol. The van der Waals surface area contributed by atoms with Crippen LogP contribution >= 0.6 is 0 Å². The van der Waals surface area contributed by atoms with Gasteiger partial charge in [0.1, 0.15) is 12.3 Å². The molecule has 0 saturated heterocycles. The fourth-order valence-corrected chi connectivity index (χ4v) is 4.93. The molecule has 0 radical (unpaired) electrons. The second kappa shape index (κ2) is 10.8. The third kappa shape index (κ3) is 6.33. The minimum Gasteiger partial charge on any atom is -0.497 e. The molecule has 1 N–H and O–H groups in total. The van der Waals surface area contributed by atoms with Gasteiger partial charge in [-0.15, -0.1) is 0 Å². The minimum absolute atomic E-state index is 0.146. The van der Waals surface area contributed by atoms with Crippen LogP contribution in [0.1, 0.15) is 30.5 Å². The number of amides is 1. The van der Waals surface area contributed by atoms with Gasteiger partial charge in [-0.25, -0.2) is 8.42 Å². The summed E-state index contributed by atoms with van der Waals surface area (Å²) in [5.74, 6) is -0.0239. The molecule has 0 spiro atoms. The molecule has 0 saturated carbocycles. The largest absolute Gasteiger partial charge is 0.497 e. The lowest BCUT2D eigenvalue weighted by Crippen LogP contribution is -2.42. The third-order valence-corrected chi connectivity index (χ3v) is 7.13. The Hall–Kier alpha value is -3.53. The van der Waals surface area contributed by atoms with Gasteiger partial charge >= 0.3 is 6.18 Å². The molecule has 0 bridgehead atoms. The fourth-order valence-electron chi connectivity index (χ4n) is 3.50. The second-order valence-corrected chi connectivity index (χ2v) is 9.54. The number of sulfonamides is 1. The Kier molecular flexibility index (Phi) is 8.06. The molecule has 0 heterocycles. The number of nitrogens with zero attached hydrogens (tertiary/aromatic N) is 1. The molecule has 0 unspecified atom stereocenters. The number of carbonyl (C=O) groups is 1. The summed E-state index contributed by atoms with van der Waals surface area (Å²) in [6, 6.07) is 17.7. The first-order valence-corrected chi connectivity index (χ1v) is 12.2. The predicted molar refractivity (Wildman–Crippen MR) is 127 cm³/mol. The van der Waals surface area contributed by atoms with Crippen LogP contribution in [0.2, 0.25) is 0 Å². The van der Waals surface area contributed by atoms with Crippen LogP contribution in [0.5, 0.6) is 5.75 Å². The number of methoxy groups -OCH3 is 1. The van der Waals surface area contributed by atoms with Crippen LogP contribution in [-0.4, -0.2) is 28.0 Å². The van der Waals surface area contributed by atoms with Crippen molar-refractivity contribution < 1.29 is 31.1 Å². The zero-order valence-corrected chi connectivity index (χ0v) is 19.9. The van der Waals surface area contributed by atoms with Crippen LogP contribution in [0.15, 0.2) is 83.8 Å². The second-order valence-electron chi connectivity index (χ2n) is 7.67. The standard InChI is InChI=1S/C25H25F3N2O4S/c1-3-23(18-12-14-21(34-2)15-13-18)29-24(31)17-30(35(32,33)22-10-5-4-6-11-22)20-9-7-8-19(16-20)25(26,27)28/h4-16,23H,3,17H2,1-2H3,(H,29,31)/t23-/m1/s1. The van der Waals surface area contributed by atoms with E-state index in [2.05, 4.69) is 5.32 Å². The maximum absolute atomic E-state index is 13.4. The quantitative estimate of drug-likeness (QED) is 0.434. The molecule has 3 aromatic rings. The van der Waals surface area contributed by atoms with Crippen molar-refractivity contribution in [1.29, 1.82) is 0 Å². The Bertz CT molecular complexity index is 1250. The van der Waals surface area contributed by atoms with E-state index in [9.17, 15) is 26.4 Å². The topological polar surface area (TPSA) is 75.7 Å². The van der Waals surface area contributed by atoms with Crippen LogP contribution in [0.25, 0.3) is 0 Å². The van der Waals surface area contributed by atoms with Gasteiger partial charge in [-0.2, -0.15) is 13.2 Å². The minimum atomic E-state index is -4.68. The Morgan fingerprint density at radius 3 is 2.23 bits per heavy atom. The number of halogens is 3. The highest BCUT2D eigenvalue weighted by atomic mass is 32.2. The first kappa shape index (κ1) is 26.1. The normalized spacial score (nSPS) is 12.6. The van der Waals surface area contributed by atoms with E-state index >= 15 is 0 Å². The first-order chi connectivity index (χ1) is 16.6. The van der Waals surface area contributed by atoms with E-state index in [0.717, 1.165) is 17.7 Å². The van der Waals surface area contributed by atoms with E-state index in [-0.39, 0.29) is 10.6 Å². The molecule has 0 aliphatic rings. The Balaban J connectivity index is 1.94. The van der Waals surface area contributed by atoms with E-state index in [1.54, 1.807) is 30.3 Å². The Morgan fingerprint density at radius 2 is 1.66 bits per heavy atom. The molecule has 35 heavy (non-hydrogen) atoms. The zero-order chi connectivity index (χ0) is 25.6. The van der Waals surface area contributed by atoms with Crippen LogP contribution in [0.4, 0.5) is 18.9 Å². The van der Waals surface area contributed by atoms with Gasteiger partial charge in [0.2, 0.25) is 5.91 Å². The van der Waals surface area contributed by atoms with E-state index in [0.29, 0.717) is 22.5 Å². The summed E-state index contributed by atoms with van der Waals surface area (Å²) in [5.41, 5.74) is -0.511. The third-order valence-electron chi connectivity index (χ3n) is 5.34. The van der Waals surface area contributed by atoms with Crippen LogP contribution in [-0.2, 0) is 21.0 Å². The van der Waals surface area contributed by atoms with Gasteiger partial charge in [-0.1, -0.05) is 43.3 Å². The van der Waals surface area contributed by atoms with Crippen molar-refractivity contribution in [3.63, 3.8) is 0 Å². The summed E-state index contributed by atoms with van der Waals surface area (Å²) >= 11 is 0.